The highest BCUT2D eigenvalue weighted by molar-refractivity contribution is 5.44. The minimum absolute atomic E-state index is 0.00493. The lowest BCUT2D eigenvalue weighted by atomic mass is 10.2. The maximum absolute atomic E-state index is 13.7. The Morgan fingerprint density at radius 3 is 2.80 bits per heavy atom. The highest BCUT2D eigenvalue weighted by Gasteiger charge is 2.30. The summed E-state index contributed by atoms with van der Waals surface area (Å²) in [5.74, 6) is -2.71. The van der Waals surface area contributed by atoms with Crippen molar-refractivity contribution in [3.05, 3.63) is 51.7 Å². The number of fused-ring (bicyclic) bond motifs is 4. The summed E-state index contributed by atoms with van der Waals surface area (Å²) in [5, 5.41) is 0. The van der Waals surface area contributed by atoms with Crippen LogP contribution in [0, 0.1) is 17.5 Å². The van der Waals surface area contributed by atoms with Gasteiger partial charge in [0.25, 0.3) is 0 Å². The minimum atomic E-state index is -1.27. The molecule has 3 heterocycles. The van der Waals surface area contributed by atoms with Gasteiger partial charge < -0.3 is 14.4 Å². The van der Waals surface area contributed by atoms with Gasteiger partial charge in [0, 0.05) is 30.8 Å². The number of rotatable bonds is 3. The van der Waals surface area contributed by atoms with Crippen LogP contribution >= 0.6 is 0 Å². The van der Waals surface area contributed by atoms with Gasteiger partial charge in [0.15, 0.2) is 11.6 Å². The maximum atomic E-state index is 13.7. The first-order valence-corrected chi connectivity index (χ1v) is 7.76. The number of hydrogen-bond donors (Lipinski definition) is 0. The highest BCUT2D eigenvalue weighted by Crippen LogP contribution is 2.26. The molecular formula is C16H14F3N3O3. The molecule has 4 rings (SSSR count). The van der Waals surface area contributed by atoms with Crippen molar-refractivity contribution >= 4 is 5.82 Å². The monoisotopic (exact) mass is 353 g/mol. The van der Waals surface area contributed by atoms with Gasteiger partial charge in [-0.25, -0.2) is 18.0 Å². The molecular weight excluding hydrogens is 339 g/mol. The molecule has 2 aromatic rings. The topological polar surface area (TPSA) is 56.6 Å². The van der Waals surface area contributed by atoms with Crippen LogP contribution in [0.25, 0.3) is 0 Å². The molecule has 0 N–H and O–H groups in total. The Balaban J connectivity index is 1.59. The summed E-state index contributed by atoms with van der Waals surface area (Å²) in [6, 6.07) is 2.76. The van der Waals surface area contributed by atoms with Gasteiger partial charge in [-0.05, 0) is 6.07 Å². The molecule has 1 saturated heterocycles. The molecule has 0 spiro atoms. The zero-order valence-electron chi connectivity index (χ0n) is 13.0. The van der Waals surface area contributed by atoms with E-state index in [2.05, 4.69) is 4.98 Å². The van der Waals surface area contributed by atoms with Crippen LogP contribution in [-0.4, -0.2) is 35.4 Å². The second-order valence-corrected chi connectivity index (χ2v) is 5.93. The minimum Gasteiger partial charge on any atom is -0.472 e. The van der Waals surface area contributed by atoms with Gasteiger partial charge in [-0.1, -0.05) is 0 Å². The van der Waals surface area contributed by atoms with Gasteiger partial charge in [-0.2, -0.15) is 4.98 Å². The summed E-state index contributed by atoms with van der Waals surface area (Å²) in [6.07, 6.45) is -0.0520. The van der Waals surface area contributed by atoms with E-state index in [-0.39, 0.29) is 24.2 Å². The van der Waals surface area contributed by atoms with Gasteiger partial charge in [-0.3, -0.25) is 4.57 Å². The van der Waals surface area contributed by atoms with E-state index in [0.29, 0.717) is 38.1 Å². The van der Waals surface area contributed by atoms with Crippen LogP contribution in [0.3, 0.4) is 0 Å². The number of halogens is 3. The smallest absolute Gasteiger partial charge is 0.352 e. The summed E-state index contributed by atoms with van der Waals surface area (Å²) in [6.45, 7) is 1.91. The van der Waals surface area contributed by atoms with Crippen molar-refractivity contribution < 1.29 is 22.6 Å². The fourth-order valence-electron chi connectivity index (χ4n) is 3.05. The van der Waals surface area contributed by atoms with Crippen molar-refractivity contribution in [3.63, 3.8) is 0 Å². The van der Waals surface area contributed by atoms with Crippen LogP contribution < -0.4 is 15.3 Å². The van der Waals surface area contributed by atoms with E-state index in [4.69, 9.17) is 9.47 Å². The van der Waals surface area contributed by atoms with Gasteiger partial charge in [0.2, 0.25) is 5.88 Å². The second kappa shape index (κ2) is 6.07. The Morgan fingerprint density at radius 1 is 1.16 bits per heavy atom. The molecule has 132 valence electrons. The Hall–Kier alpha value is -2.55. The van der Waals surface area contributed by atoms with Gasteiger partial charge in [-0.15, -0.1) is 0 Å². The molecule has 1 aromatic carbocycles. The predicted octanol–water partition coefficient (Wildman–Crippen LogP) is 1.46. The Morgan fingerprint density at radius 2 is 1.96 bits per heavy atom. The average Bonchev–Trinajstić information content (AvgIpc) is 2.58. The van der Waals surface area contributed by atoms with Gasteiger partial charge in [0.05, 0.1) is 19.3 Å². The Bertz CT molecular complexity index is 887. The van der Waals surface area contributed by atoms with E-state index < -0.39 is 23.1 Å². The Labute approximate surface area is 140 Å². The van der Waals surface area contributed by atoms with Crippen molar-refractivity contribution in [3.8, 4) is 5.88 Å². The van der Waals surface area contributed by atoms with Gasteiger partial charge >= 0.3 is 5.69 Å². The molecule has 1 aromatic heterocycles. The van der Waals surface area contributed by atoms with Crippen LogP contribution in [0.5, 0.6) is 5.88 Å². The van der Waals surface area contributed by atoms with Crippen molar-refractivity contribution in [2.24, 2.45) is 0 Å². The van der Waals surface area contributed by atoms with E-state index in [1.54, 1.807) is 6.07 Å². The summed E-state index contributed by atoms with van der Waals surface area (Å²) in [5.41, 5.74) is -0.664. The molecule has 25 heavy (non-hydrogen) atoms. The normalized spacial score (nSPS) is 18.8. The van der Waals surface area contributed by atoms with Crippen molar-refractivity contribution in [2.75, 3.05) is 24.6 Å². The predicted molar refractivity (Wildman–Crippen MR) is 81.1 cm³/mol. The molecule has 1 fully saturated rings. The van der Waals surface area contributed by atoms with E-state index in [1.165, 1.54) is 4.57 Å². The first kappa shape index (κ1) is 15.9. The van der Waals surface area contributed by atoms with E-state index in [0.717, 1.165) is 6.07 Å². The number of benzene rings is 1. The largest absolute Gasteiger partial charge is 0.472 e. The molecule has 0 saturated carbocycles. The SMILES string of the molecule is O=c1nc(OCc2cc(F)c(F)cc2F)cc2n1C[C@H]1CN2CCO1. The Kier molecular flexibility index (Phi) is 3.87. The number of nitrogens with zero attached hydrogens (tertiary/aromatic N) is 3. The lowest BCUT2D eigenvalue weighted by molar-refractivity contribution is 0.0195. The fraction of sp³-hybridized carbons (Fsp3) is 0.375. The van der Waals surface area contributed by atoms with Gasteiger partial charge in [0.1, 0.15) is 18.2 Å². The maximum Gasteiger partial charge on any atom is 0.352 e. The quantitative estimate of drug-likeness (QED) is 0.782. The van der Waals surface area contributed by atoms with E-state index >= 15 is 0 Å². The second-order valence-electron chi connectivity index (χ2n) is 5.93. The first-order valence-electron chi connectivity index (χ1n) is 7.76. The molecule has 1 atom stereocenters. The van der Waals surface area contributed by atoms with Crippen LogP contribution in [-0.2, 0) is 17.9 Å². The molecule has 2 aliphatic rings. The third kappa shape index (κ3) is 2.95. The van der Waals surface area contributed by atoms with E-state index in [1.807, 2.05) is 4.90 Å². The molecule has 6 nitrogen and oxygen atoms in total. The molecule has 0 radical (unpaired) electrons. The third-order valence-electron chi connectivity index (χ3n) is 4.28. The number of anilines is 1. The summed E-state index contributed by atoms with van der Waals surface area (Å²) in [7, 11) is 0. The number of aromatic nitrogens is 2. The van der Waals surface area contributed by atoms with Crippen molar-refractivity contribution in [2.45, 2.75) is 19.3 Å². The zero-order chi connectivity index (χ0) is 17.6. The number of ether oxygens (including phenoxy) is 2. The zero-order valence-corrected chi connectivity index (χ0v) is 13.0. The first-order chi connectivity index (χ1) is 12.0. The summed E-state index contributed by atoms with van der Waals surface area (Å²) >= 11 is 0. The summed E-state index contributed by atoms with van der Waals surface area (Å²) < 4.78 is 52.2. The molecule has 0 aliphatic carbocycles. The van der Waals surface area contributed by atoms with Crippen molar-refractivity contribution in [1.29, 1.82) is 0 Å². The lowest BCUT2D eigenvalue weighted by Gasteiger charge is -2.40. The van der Waals surface area contributed by atoms with E-state index in [9.17, 15) is 18.0 Å². The third-order valence-corrected chi connectivity index (χ3v) is 4.28. The molecule has 2 aliphatic heterocycles. The average molecular weight is 353 g/mol. The number of morpholine rings is 1. The molecule has 0 amide bonds. The summed E-state index contributed by atoms with van der Waals surface area (Å²) in [4.78, 5) is 18.0. The van der Waals surface area contributed by atoms with Crippen LogP contribution in [0.15, 0.2) is 23.0 Å². The van der Waals surface area contributed by atoms with Crippen molar-refractivity contribution in [1.82, 2.24) is 9.55 Å². The molecule has 2 bridgehead atoms. The molecule has 9 heteroatoms. The fourth-order valence-corrected chi connectivity index (χ4v) is 3.05. The lowest BCUT2D eigenvalue weighted by Crippen LogP contribution is -2.52. The standard InChI is InChI=1S/C16H14F3N3O3/c17-11-4-13(19)12(18)3-9(11)8-25-14-5-15-21-1-2-24-10(6-21)7-22(15)16(23)20-14/h3-5,10H,1-2,6-8H2/t10-/m1/s1. The molecule has 0 unspecified atom stereocenters. The highest BCUT2D eigenvalue weighted by atomic mass is 19.2. The van der Waals surface area contributed by atoms with Crippen LogP contribution in [0.1, 0.15) is 5.56 Å². The number of hydrogen-bond acceptors (Lipinski definition) is 5. The van der Waals surface area contributed by atoms with Crippen LogP contribution in [0.2, 0.25) is 0 Å². The van der Waals surface area contributed by atoms with Crippen LogP contribution in [0.4, 0.5) is 19.0 Å².